The van der Waals surface area contributed by atoms with Crippen LogP contribution in [-0.4, -0.2) is 70.6 Å². The number of ether oxygens (including phenoxy) is 1. The van der Waals surface area contributed by atoms with E-state index in [2.05, 4.69) is 21.7 Å². The SMILES string of the molecule is CCOCCN1CCN(c2ccc(C(=O)c3nccn3C)cc2[N+](=O)[O-])CC1CC. The summed E-state index contributed by atoms with van der Waals surface area (Å²) in [4.78, 5) is 32.6. The van der Waals surface area contributed by atoms with Crippen molar-refractivity contribution in [3.8, 4) is 0 Å². The first-order chi connectivity index (χ1) is 14.5. The summed E-state index contributed by atoms with van der Waals surface area (Å²) >= 11 is 0. The number of carbonyl (C=O) groups is 1. The van der Waals surface area contributed by atoms with E-state index in [9.17, 15) is 14.9 Å². The molecule has 2 heterocycles. The van der Waals surface area contributed by atoms with E-state index in [0.717, 1.165) is 19.5 Å². The molecule has 2 aromatic rings. The molecule has 1 aromatic heterocycles. The van der Waals surface area contributed by atoms with E-state index < -0.39 is 4.92 Å². The van der Waals surface area contributed by atoms with E-state index in [0.29, 0.717) is 38.0 Å². The number of rotatable bonds is 9. The normalized spacial score (nSPS) is 17.3. The fourth-order valence-electron chi connectivity index (χ4n) is 3.91. The van der Waals surface area contributed by atoms with Crippen molar-refractivity contribution in [1.82, 2.24) is 14.5 Å². The van der Waals surface area contributed by atoms with Crippen LogP contribution in [0.3, 0.4) is 0 Å². The number of nitro groups is 1. The molecular weight excluding hydrogens is 386 g/mol. The number of hydrogen-bond donors (Lipinski definition) is 0. The maximum absolute atomic E-state index is 12.7. The van der Waals surface area contributed by atoms with Crippen molar-refractivity contribution in [2.24, 2.45) is 7.05 Å². The zero-order valence-corrected chi connectivity index (χ0v) is 17.8. The first kappa shape index (κ1) is 21.9. The second-order valence-corrected chi connectivity index (χ2v) is 7.39. The van der Waals surface area contributed by atoms with Gasteiger partial charge < -0.3 is 14.2 Å². The smallest absolute Gasteiger partial charge is 0.293 e. The number of nitrogens with zero attached hydrogens (tertiary/aromatic N) is 5. The second kappa shape index (κ2) is 9.82. The van der Waals surface area contributed by atoms with Crippen LogP contribution in [0.1, 0.15) is 36.5 Å². The van der Waals surface area contributed by atoms with Crippen LogP contribution in [0.5, 0.6) is 0 Å². The molecule has 0 radical (unpaired) electrons. The summed E-state index contributed by atoms with van der Waals surface area (Å²) in [5.74, 6) is -0.0738. The molecule has 0 aliphatic carbocycles. The highest BCUT2D eigenvalue weighted by Crippen LogP contribution is 2.32. The molecule has 9 heteroatoms. The van der Waals surface area contributed by atoms with Gasteiger partial charge >= 0.3 is 0 Å². The van der Waals surface area contributed by atoms with Gasteiger partial charge in [-0.3, -0.25) is 19.8 Å². The molecule has 1 unspecified atom stereocenters. The van der Waals surface area contributed by atoms with Crippen molar-refractivity contribution in [2.75, 3.05) is 44.3 Å². The standard InChI is InChI=1S/C21H29N5O4/c1-4-17-15-25(11-10-24(17)12-13-30-5-2)18-7-6-16(14-19(18)26(28)29)20(27)21-22-8-9-23(21)3/h6-9,14,17H,4-5,10-13,15H2,1-3H3. The number of anilines is 1. The lowest BCUT2D eigenvalue weighted by atomic mass is 10.0. The molecular formula is C21H29N5O4. The third kappa shape index (κ3) is 4.68. The summed E-state index contributed by atoms with van der Waals surface area (Å²) < 4.78 is 7.09. The third-order valence-corrected chi connectivity index (χ3v) is 5.60. The summed E-state index contributed by atoms with van der Waals surface area (Å²) in [6, 6.07) is 5.01. The predicted octanol–water partition coefficient (Wildman–Crippen LogP) is 2.50. The average molecular weight is 415 g/mol. The Morgan fingerprint density at radius 2 is 2.13 bits per heavy atom. The number of piperazine rings is 1. The van der Waals surface area contributed by atoms with Gasteiger partial charge in [-0.15, -0.1) is 0 Å². The van der Waals surface area contributed by atoms with Crippen LogP contribution in [0.15, 0.2) is 30.6 Å². The summed E-state index contributed by atoms with van der Waals surface area (Å²) in [5.41, 5.74) is 0.772. The fourth-order valence-corrected chi connectivity index (χ4v) is 3.91. The molecule has 30 heavy (non-hydrogen) atoms. The number of aryl methyl sites for hydroxylation is 1. The molecule has 1 fully saturated rings. The molecule has 0 saturated carbocycles. The Bertz CT molecular complexity index is 897. The first-order valence-electron chi connectivity index (χ1n) is 10.3. The number of carbonyl (C=O) groups excluding carboxylic acids is 1. The van der Waals surface area contributed by atoms with Crippen LogP contribution >= 0.6 is 0 Å². The lowest BCUT2D eigenvalue weighted by molar-refractivity contribution is -0.384. The Kier molecular flexibility index (Phi) is 7.17. The lowest BCUT2D eigenvalue weighted by Gasteiger charge is -2.42. The molecule has 0 bridgehead atoms. The molecule has 0 amide bonds. The van der Waals surface area contributed by atoms with Crippen LogP contribution in [0.2, 0.25) is 0 Å². The van der Waals surface area contributed by atoms with E-state index in [1.165, 1.54) is 12.3 Å². The van der Waals surface area contributed by atoms with Gasteiger partial charge in [0.15, 0.2) is 5.82 Å². The minimum atomic E-state index is -0.410. The van der Waals surface area contributed by atoms with Crippen molar-refractivity contribution in [3.63, 3.8) is 0 Å². The summed E-state index contributed by atoms with van der Waals surface area (Å²) in [6.07, 6.45) is 4.16. The van der Waals surface area contributed by atoms with Crippen molar-refractivity contribution < 1.29 is 14.5 Å². The van der Waals surface area contributed by atoms with Crippen LogP contribution in [0, 0.1) is 10.1 Å². The zero-order chi connectivity index (χ0) is 21.7. The molecule has 1 aromatic carbocycles. The molecule has 1 saturated heterocycles. The van der Waals surface area contributed by atoms with Gasteiger partial charge in [0.2, 0.25) is 5.78 Å². The van der Waals surface area contributed by atoms with Crippen LogP contribution in [0.4, 0.5) is 11.4 Å². The number of imidazole rings is 1. The van der Waals surface area contributed by atoms with Gasteiger partial charge in [-0.1, -0.05) is 6.92 Å². The van der Waals surface area contributed by atoms with Crippen molar-refractivity contribution >= 4 is 17.2 Å². The number of hydrogen-bond acceptors (Lipinski definition) is 7. The van der Waals surface area contributed by atoms with E-state index in [1.807, 2.05) is 6.92 Å². The summed E-state index contributed by atoms with van der Waals surface area (Å²) in [7, 11) is 1.72. The van der Waals surface area contributed by atoms with Crippen LogP contribution < -0.4 is 4.90 Å². The molecule has 1 atom stereocenters. The summed E-state index contributed by atoms with van der Waals surface area (Å²) in [5, 5.41) is 11.8. The Balaban J connectivity index is 1.81. The van der Waals surface area contributed by atoms with E-state index in [4.69, 9.17) is 4.74 Å². The molecule has 9 nitrogen and oxygen atoms in total. The number of ketones is 1. The first-order valence-corrected chi connectivity index (χ1v) is 10.3. The van der Waals surface area contributed by atoms with Crippen LogP contribution in [0.25, 0.3) is 0 Å². The highest BCUT2D eigenvalue weighted by molar-refractivity contribution is 6.07. The molecule has 3 rings (SSSR count). The average Bonchev–Trinajstić information content (AvgIpc) is 3.19. The highest BCUT2D eigenvalue weighted by atomic mass is 16.6. The summed E-state index contributed by atoms with van der Waals surface area (Å²) in [6.45, 7) is 8.58. The van der Waals surface area contributed by atoms with Gasteiger partial charge in [0.05, 0.1) is 11.5 Å². The minimum absolute atomic E-state index is 0.0484. The predicted molar refractivity (Wildman–Crippen MR) is 114 cm³/mol. The van der Waals surface area contributed by atoms with Crippen molar-refractivity contribution in [2.45, 2.75) is 26.3 Å². The van der Waals surface area contributed by atoms with E-state index in [1.54, 1.807) is 29.9 Å². The Hall–Kier alpha value is -2.78. The topological polar surface area (TPSA) is 93.7 Å². The number of benzene rings is 1. The minimum Gasteiger partial charge on any atom is -0.380 e. The van der Waals surface area contributed by atoms with Crippen LogP contribution in [-0.2, 0) is 11.8 Å². The Morgan fingerprint density at radius 3 is 2.77 bits per heavy atom. The molecule has 1 aliphatic rings. The number of aromatic nitrogens is 2. The zero-order valence-electron chi connectivity index (χ0n) is 17.8. The quantitative estimate of drug-likeness (QED) is 0.269. The largest absolute Gasteiger partial charge is 0.380 e. The maximum Gasteiger partial charge on any atom is 0.293 e. The number of nitro benzene ring substituents is 1. The highest BCUT2D eigenvalue weighted by Gasteiger charge is 2.30. The van der Waals surface area contributed by atoms with Gasteiger partial charge in [-0.05, 0) is 25.5 Å². The monoisotopic (exact) mass is 415 g/mol. The second-order valence-electron chi connectivity index (χ2n) is 7.39. The van der Waals surface area contributed by atoms with E-state index >= 15 is 0 Å². The van der Waals surface area contributed by atoms with Gasteiger partial charge in [-0.2, -0.15) is 0 Å². The lowest BCUT2D eigenvalue weighted by Crippen LogP contribution is -2.53. The third-order valence-electron chi connectivity index (χ3n) is 5.60. The van der Waals surface area contributed by atoms with Gasteiger partial charge in [0.1, 0.15) is 5.69 Å². The Morgan fingerprint density at radius 1 is 1.33 bits per heavy atom. The molecule has 0 spiro atoms. The van der Waals surface area contributed by atoms with Crippen molar-refractivity contribution in [3.05, 3.63) is 52.1 Å². The fraction of sp³-hybridized carbons (Fsp3) is 0.524. The van der Waals surface area contributed by atoms with Gasteiger partial charge in [0, 0.05) is 69.9 Å². The molecule has 1 aliphatic heterocycles. The Labute approximate surface area is 176 Å². The van der Waals surface area contributed by atoms with E-state index in [-0.39, 0.29) is 22.9 Å². The van der Waals surface area contributed by atoms with Gasteiger partial charge in [0.25, 0.3) is 5.69 Å². The molecule has 162 valence electrons. The maximum atomic E-state index is 12.7. The van der Waals surface area contributed by atoms with Gasteiger partial charge in [-0.25, -0.2) is 4.98 Å². The van der Waals surface area contributed by atoms with Crippen molar-refractivity contribution in [1.29, 1.82) is 0 Å². The molecule has 0 N–H and O–H groups in total.